The molecule has 0 aromatic heterocycles. The second kappa shape index (κ2) is 10.9. The zero-order valence-electron chi connectivity index (χ0n) is 18.3. The highest BCUT2D eigenvalue weighted by molar-refractivity contribution is 8.18. The number of likely N-dealkylation sites (N-methyl/N-ethyl adjacent to an activating group) is 1. The van der Waals surface area contributed by atoms with E-state index < -0.39 is 23.4 Å². The molecule has 0 spiro atoms. The molecule has 33 heavy (non-hydrogen) atoms. The molecule has 6 nitrogen and oxygen atoms in total. The lowest BCUT2D eigenvalue weighted by molar-refractivity contribution is -0.138. The highest BCUT2D eigenvalue weighted by atomic mass is 32.2. The van der Waals surface area contributed by atoms with Crippen molar-refractivity contribution in [3.8, 4) is 23.3 Å². The number of halogens is 3. The Balaban J connectivity index is 0.00000187. The quantitative estimate of drug-likeness (QED) is 0.459. The fourth-order valence-electron chi connectivity index (χ4n) is 2.81. The van der Waals surface area contributed by atoms with Gasteiger partial charge in [-0.2, -0.15) is 18.4 Å². The molecule has 0 bridgehead atoms. The molecule has 1 heterocycles. The van der Waals surface area contributed by atoms with Crippen LogP contribution in [0.4, 0.5) is 18.0 Å². The summed E-state index contributed by atoms with van der Waals surface area (Å²) in [6, 6.07) is 9.05. The number of alkyl halides is 3. The maximum Gasteiger partial charge on any atom is 0.420 e. The number of hydrogen-bond donors (Lipinski definition) is 0. The molecule has 1 saturated heterocycles. The van der Waals surface area contributed by atoms with E-state index in [0.29, 0.717) is 11.6 Å². The molecule has 3 rings (SSSR count). The van der Waals surface area contributed by atoms with E-state index in [1.807, 2.05) is 13.8 Å². The first-order valence-electron chi connectivity index (χ1n) is 9.90. The van der Waals surface area contributed by atoms with Crippen LogP contribution in [0.15, 0.2) is 41.3 Å². The molecule has 1 aliphatic heterocycles. The van der Waals surface area contributed by atoms with Crippen LogP contribution in [0.25, 0.3) is 6.08 Å². The van der Waals surface area contributed by atoms with E-state index >= 15 is 0 Å². The summed E-state index contributed by atoms with van der Waals surface area (Å²) in [5.74, 6) is -0.761. The minimum Gasteiger partial charge on any atom is -0.493 e. The van der Waals surface area contributed by atoms with Crippen molar-refractivity contribution >= 4 is 29.0 Å². The SMILES string of the molecule is CC.CCN1C(=O)S/C(=C\c2ccc(Oc3ccc(C#N)cc3C(F)(F)F)c(OC)c2)C1=O. The minimum atomic E-state index is -4.72. The van der Waals surface area contributed by atoms with E-state index in [9.17, 15) is 22.8 Å². The summed E-state index contributed by atoms with van der Waals surface area (Å²) in [7, 11) is 1.32. The van der Waals surface area contributed by atoms with Gasteiger partial charge in [-0.15, -0.1) is 0 Å². The Kier molecular flexibility index (Phi) is 8.54. The van der Waals surface area contributed by atoms with Gasteiger partial charge in [-0.1, -0.05) is 19.9 Å². The molecule has 0 atom stereocenters. The number of ether oxygens (including phenoxy) is 2. The smallest absolute Gasteiger partial charge is 0.420 e. The Hall–Kier alpha value is -3.45. The molecule has 2 aromatic rings. The standard InChI is InChI=1S/C21H15F3N2O4S.C2H6/c1-3-26-19(27)18(31-20(26)28)10-12-4-7-16(17(9-12)29-2)30-15-6-5-13(11-25)8-14(15)21(22,23)24;1-2/h4-10H,3H2,1-2H3;1-2H3/b18-10-;. The number of nitrogens with zero attached hydrogens (tertiary/aromatic N) is 2. The van der Waals surface area contributed by atoms with Gasteiger partial charge in [-0.25, -0.2) is 0 Å². The normalized spacial score (nSPS) is 14.6. The fourth-order valence-corrected chi connectivity index (χ4v) is 3.71. The van der Waals surface area contributed by atoms with Gasteiger partial charge in [-0.05, 0) is 60.7 Å². The van der Waals surface area contributed by atoms with Gasteiger partial charge in [-0.3, -0.25) is 14.5 Å². The fraction of sp³-hybridized carbons (Fsp3) is 0.261. The average Bonchev–Trinajstić information content (AvgIpc) is 3.07. The average molecular weight is 478 g/mol. The number of thioether (sulfide) groups is 1. The summed E-state index contributed by atoms with van der Waals surface area (Å²) in [6.45, 7) is 5.94. The van der Waals surface area contributed by atoms with Gasteiger partial charge in [0.2, 0.25) is 0 Å². The zero-order valence-corrected chi connectivity index (χ0v) is 19.1. The molecular formula is C23H21F3N2O4S. The number of carbonyl (C=O) groups excluding carboxylic acids is 2. The maximum atomic E-state index is 13.4. The predicted octanol–water partition coefficient (Wildman–Crippen LogP) is 6.46. The number of rotatable bonds is 5. The van der Waals surface area contributed by atoms with Crippen molar-refractivity contribution in [1.82, 2.24) is 4.90 Å². The lowest BCUT2D eigenvalue weighted by Gasteiger charge is -2.16. The topological polar surface area (TPSA) is 79.6 Å². The molecular weight excluding hydrogens is 457 g/mol. The van der Waals surface area contributed by atoms with Crippen LogP contribution in [0.1, 0.15) is 37.5 Å². The molecule has 0 unspecified atom stereocenters. The predicted molar refractivity (Wildman–Crippen MR) is 119 cm³/mol. The Labute approximate surface area is 193 Å². The van der Waals surface area contributed by atoms with Crippen molar-refractivity contribution in [2.24, 2.45) is 0 Å². The number of hydrogen-bond acceptors (Lipinski definition) is 6. The van der Waals surface area contributed by atoms with E-state index in [-0.39, 0.29) is 33.8 Å². The highest BCUT2D eigenvalue weighted by Gasteiger charge is 2.35. The van der Waals surface area contributed by atoms with Crippen LogP contribution in [0.2, 0.25) is 0 Å². The van der Waals surface area contributed by atoms with Gasteiger partial charge in [0.1, 0.15) is 5.75 Å². The minimum absolute atomic E-state index is 0.0107. The maximum absolute atomic E-state index is 13.4. The molecule has 0 saturated carbocycles. The number of benzene rings is 2. The number of nitriles is 1. The zero-order chi connectivity index (χ0) is 24.8. The van der Waals surface area contributed by atoms with Crippen LogP contribution in [-0.4, -0.2) is 29.7 Å². The van der Waals surface area contributed by atoms with Gasteiger partial charge >= 0.3 is 6.18 Å². The van der Waals surface area contributed by atoms with Crippen LogP contribution in [-0.2, 0) is 11.0 Å². The monoisotopic (exact) mass is 478 g/mol. The summed E-state index contributed by atoms with van der Waals surface area (Å²) >= 11 is 0.805. The Morgan fingerprint density at radius 1 is 1.09 bits per heavy atom. The van der Waals surface area contributed by atoms with Gasteiger partial charge in [0.15, 0.2) is 11.5 Å². The number of imide groups is 1. The molecule has 2 amide bonds. The van der Waals surface area contributed by atoms with Crippen molar-refractivity contribution in [2.45, 2.75) is 26.9 Å². The van der Waals surface area contributed by atoms with Gasteiger partial charge in [0, 0.05) is 6.54 Å². The van der Waals surface area contributed by atoms with Crippen LogP contribution < -0.4 is 9.47 Å². The first kappa shape index (κ1) is 25.8. The highest BCUT2D eigenvalue weighted by Crippen LogP contribution is 2.41. The van der Waals surface area contributed by atoms with Crippen LogP contribution in [0.5, 0.6) is 17.2 Å². The van der Waals surface area contributed by atoms with Crippen LogP contribution in [0.3, 0.4) is 0 Å². The summed E-state index contributed by atoms with van der Waals surface area (Å²) in [4.78, 5) is 25.4. The van der Waals surface area contributed by atoms with Gasteiger partial charge in [0.25, 0.3) is 11.1 Å². The summed E-state index contributed by atoms with van der Waals surface area (Å²) in [5, 5.41) is 8.50. The third-order valence-corrected chi connectivity index (χ3v) is 5.22. The molecule has 174 valence electrons. The summed E-state index contributed by atoms with van der Waals surface area (Å²) in [6.07, 6.45) is -3.23. The molecule has 10 heteroatoms. The lowest BCUT2D eigenvalue weighted by Crippen LogP contribution is -2.27. The van der Waals surface area contributed by atoms with E-state index in [1.165, 1.54) is 37.5 Å². The van der Waals surface area contributed by atoms with E-state index in [4.69, 9.17) is 14.7 Å². The Morgan fingerprint density at radius 2 is 1.76 bits per heavy atom. The van der Waals surface area contributed by atoms with E-state index in [2.05, 4.69) is 0 Å². The molecule has 1 fully saturated rings. The van der Waals surface area contributed by atoms with E-state index in [1.54, 1.807) is 13.0 Å². The Morgan fingerprint density at radius 3 is 2.30 bits per heavy atom. The first-order valence-corrected chi connectivity index (χ1v) is 10.7. The Bertz CT molecular complexity index is 1120. The molecule has 2 aromatic carbocycles. The first-order chi connectivity index (χ1) is 15.7. The summed E-state index contributed by atoms with van der Waals surface area (Å²) < 4.78 is 50.8. The van der Waals surface area contributed by atoms with E-state index in [0.717, 1.165) is 22.7 Å². The van der Waals surface area contributed by atoms with Crippen LogP contribution in [0, 0.1) is 11.3 Å². The van der Waals surface area contributed by atoms with Gasteiger partial charge < -0.3 is 9.47 Å². The number of methoxy groups -OCH3 is 1. The van der Waals surface area contributed by atoms with Crippen molar-refractivity contribution in [1.29, 1.82) is 5.26 Å². The molecule has 0 aliphatic carbocycles. The summed E-state index contributed by atoms with van der Waals surface area (Å²) in [5.41, 5.74) is -0.740. The second-order valence-electron chi connectivity index (χ2n) is 6.26. The third-order valence-electron chi connectivity index (χ3n) is 4.31. The lowest BCUT2D eigenvalue weighted by atomic mass is 10.1. The second-order valence-corrected chi connectivity index (χ2v) is 7.25. The van der Waals surface area contributed by atoms with Crippen molar-refractivity contribution < 1.29 is 32.2 Å². The van der Waals surface area contributed by atoms with Crippen LogP contribution >= 0.6 is 11.8 Å². The van der Waals surface area contributed by atoms with Crippen molar-refractivity contribution in [3.63, 3.8) is 0 Å². The molecule has 1 aliphatic rings. The van der Waals surface area contributed by atoms with Crippen molar-refractivity contribution in [2.75, 3.05) is 13.7 Å². The number of amides is 2. The largest absolute Gasteiger partial charge is 0.493 e. The number of carbonyl (C=O) groups is 2. The van der Waals surface area contributed by atoms with Gasteiger partial charge in [0.05, 0.1) is 29.2 Å². The molecule has 0 N–H and O–H groups in total. The molecule has 0 radical (unpaired) electrons. The van der Waals surface area contributed by atoms with Crippen molar-refractivity contribution in [3.05, 3.63) is 58.0 Å². The third kappa shape index (κ3) is 5.87.